The molecule has 0 saturated carbocycles. The van der Waals surface area contributed by atoms with E-state index in [2.05, 4.69) is 21.2 Å². The average Bonchev–Trinajstić information content (AvgIpc) is 2.21. The lowest BCUT2D eigenvalue weighted by molar-refractivity contribution is 0.559. The summed E-state index contributed by atoms with van der Waals surface area (Å²) in [6.45, 7) is 0. The number of hydrogen-bond acceptors (Lipinski definition) is 3. The van der Waals surface area contributed by atoms with Crippen molar-refractivity contribution in [3.63, 3.8) is 0 Å². The van der Waals surface area contributed by atoms with Crippen LogP contribution in [0.5, 0.6) is 0 Å². The Bertz CT molecular complexity index is 459. The van der Waals surface area contributed by atoms with Gasteiger partial charge in [-0.1, -0.05) is 22.0 Å². The van der Waals surface area contributed by atoms with E-state index in [0.717, 1.165) is 10.2 Å². The van der Waals surface area contributed by atoms with E-state index in [1.54, 1.807) is 0 Å². The maximum absolute atomic E-state index is 11.3. The fourth-order valence-electron chi connectivity index (χ4n) is 1.85. The molecule has 1 fully saturated rings. The molecule has 0 atom stereocenters. The van der Waals surface area contributed by atoms with Gasteiger partial charge in [0.05, 0.1) is 11.5 Å². The highest BCUT2D eigenvalue weighted by Crippen LogP contribution is 2.20. The van der Waals surface area contributed by atoms with E-state index >= 15 is 0 Å². The molecule has 0 spiro atoms. The highest BCUT2D eigenvalue weighted by molar-refractivity contribution is 9.10. The number of benzene rings is 1. The Morgan fingerprint density at radius 2 is 1.94 bits per heavy atom. The number of anilines is 1. The van der Waals surface area contributed by atoms with Crippen LogP contribution in [0.15, 0.2) is 28.7 Å². The van der Waals surface area contributed by atoms with Crippen LogP contribution in [0.25, 0.3) is 0 Å². The van der Waals surface area contributed by atoms with Gasteiger partial charge in [0.1, 0.15) is 9.84 Å². The third kappa shape index (κ3) is 3.22. The van der Waals surface area contributed by atoms with Gasteiger partial charge in [0.25, 0.3) is 0 Å². The zero-order chi connectivity index (χ0) is 11.6. The van der Waals surface area contributed by atoms with Gasteiger partial charge in [-0.05, 0) is 31.0 Å². The Morgan fingerprint density at radius 3 is 2.56 bits per heavy atom. The minimum absolute atomic E-state index is 0.276. The number of hydrogen-bond donors (Lipinski definition) is 1. The molecule has 1 aliphatic rings. The highest BCUT2D eigenvalue weighted by atomic mass is 79.9. The van der Waals surface area contributed by atoms with Gasteiger partial charge >= 0.3 is 0 Å². The van der Waals surface area contributed by atoms with Crippen LogP contribution in [0.4, 0.5) is 5.69 Å². The maximum Gasteiger partial charge on any atom is 0.150 e. The first kappa shape index (κ1) is 11.9. The molecule has 2 rings (SSSR count). The summed E-state index contributed by atoms with van der Waals surface area (Å²) in [5, 5.41) is 3.36. The van der Waals surface area contributed by atoms with Crippen molar-refractivity contribution in [2.75, 3.05) is 16.8 Å². The zero-order valence-corrected chi connectivity index (χ0v) is 11.2. The molecule has 1 aliphatic heterocycles. The molecule has 1 saturated heterocycles. The maximum atomic E-state index is 11.3. The molecule has 5 heteroatoms. The second-order valence-electron chi connectivity index (χ2n) is 4.08. The van der Waals surface area contributed by atoms with E-state index in [9.17, 15) is 8.42 Å². The summed E-state index contributed by atoms with van der Waals surface area (Å²) in [5.74, 6) is 0.608. The first-order valence-corrected chi connectivity index (χ1v) is 7.89. The summed E-state index contributed by atoms with van der Waals surface area (Å²) in [6, 6.07) is 8.21. The van der Waals surface area contributed by atoms with Gasteiger partial charge in [-0.25, -0.2) is 8.42 Å². The van der Waals surface area contributed by atoms with E-state index in [0.29, 0.717) is 24.3 Å². The minimum Gasteiger partial charge on any atom is -0.382 e. The van der Waals surface area contributed by atoms with E-state index in [1.807, 2.05) is 24.3 Å². The predicted molar refractivity (Wildman–Crippen MR) is 69.4 cm³/mol. The summed E-state index contributed by atoms with van der Waals surface area (Å²) >= 11 is 3.41. The monoisotopic (exact) mass is 303 g/mol. The van der Waals surface area contributed by atoms with Gasteiger partial charge in [0.15, 0.2) is 0 Å². The lowest BCUT2D eigenvalue weighted by Gasteiger charge is -2.24. The third-order valence-corrected chi connectivity index (χ3v) is 4.96. The summed E-state index contributed by atoms with van der Waals surface area (Å²) in [6.07, 6.45) is 1.41. The van der Waals surface area contributed by atoms with Crippen molar-refractivity contribution < 1.29 is 8.42 Å². The normalized spacial score (nSPS) is 20.6. The van der Waals surface area contributed by atoms with Crippen molar-refractivity contribution in [1.82, 2.24) is 0 Å². The van der Waals surface area contributed by atoms with Gasteiger partial charge < -0.3 is 5.32 Å². The molecular formula is C11H14BrNO2S. The first-order chi connectivity index (χ1) is 7.55. The van der Waals surface area contributed by atoms with Crippen molar-refractivity contribution >= 4 is 31.5 Å². The van der Waals surface area contributed by atoms with Crippen molar-refractivity contribution in [3.05, 3.63) is 28.7 Å². The lowest BCUT2D eigenvalue weighted by Crippen LogP contribution is -2.32. The van der Waals surface area contributed by atoms with Crippen LogP contribution < -0.4 is 5.32 Å². The number of nitrogens with one attached hydrogen (secondary N) is 1. The average molecular weight is 304 g/mol. The second kappa shape index (κ2) is 4.75. The van der Waals surface area contributed by atoms with Gasteiger partial charge in [-0.3, -0.25) is 0 Å². The molecule has 0 aromatic heterocycles. The fraction of sp³-hybridized carbons (Fsp3) is 0.455. The topological polar surface area (TPSA) is 46.2 Å². The Labute approximate surface area is 104 Å². The molecule has 88 valence electrons. The Kier molecular flexibility index (Phi) is 3.54. The molecule has 0 amide bonds. The number of halogens is 1. The van der Waals surface area contributed by atoms with E-state index in [4.69, 9.17) is 0 Å². The van der Waals surface area contributed by atoms with E-state index < -0.39 is 9.84 Å². The van der Waals surface area contributed by atoms with Gasteiger partial charge in [0, 0.05) is 16.2 Å². The smallest absolute Gasteiger partial charge is 0.150 e. The Morgan fingerprint density at radius 1 is 1.25 bits per heavy atom. The molecule has 0 unspecified atom stereocenters. The molecular weight excluding hydrogens is 290 g/mol. The number of rotatable bonds is 2. The van der Waals surface area contributed by atoms with Crippen LogP contribution in [0.1, 0.15) is 12.8 Å². The SMILES string of the molecule is O=S1(=O)CCC(Nc2cccc(Br)c2)CC1. The third-order valence-electron chi connectivity index (χ3n) is 2.75. The quantitative estimate of drug-likeness (QED) is 0.913. The van der Waals surface area contributed by atoms with Gasteiger partial charge in [0.2, 0.25) is 0 Å². The second-order valence-corrected chi connectivity index (χ2v) is 7.30. The summed E-state index contributed by atoms with van der Waals surface area (Å²) < 4.78 is 23.6. The Hall–Kier alpha value is -0.550. The Balaban J connectivity index is 1.97. The molecule has 1 N–H and O–H groups in total. The van der Waals surface area contributed by atoms with Crippen LogP contribution in [0.2, 0.25) is 0 Å². The number of sulfone groups is 1. The standard InChI is InChI=1S/C11H14BrNO2S/c12-9-2-1-3-11(8-9)13-10-4-6-16(14,15)7-5-10/h1-3,8,10,13H,4-7H2. The summed E-state index contributed by atoms with van der Waals surface area (Å²) in [5.41, 5.74) is 1.04. The van der Waals surface area contributed by atoms with Crippen molar-refractivity contribution in [1.29, 1.82) is 0 Å². The molecule has 0 radical (unpaired) electrons. The summed E-state index contributed by atoms with van der Waals surface area (Å²) in [7, 11) is -2.77. The van der Waals surface area contributed by atoms with Crippen molar-refractivity contribution in [2.24, 2.45) is 0 Å². The van der Waals surface area contributed by atoms with E-state index in [-0.39, 0.29) is 6.04 Å². The predicted octanol–water partition coefficient (Wildman–Crippen LogP) is 2.44. The fourth-order valence-corrected chi connectivity index (χ4v) is 3.74. The van der Waals surface area contributed by atoms with Crippen LogP contribution >= 0.6 is 15.9 Å². The van der Waals surface area contributed by atoms with Crippen molar-refractivity contribution in [3.8, 4) is 0 Å². The molecule has 1 aromatic rings. The minimum atomic E-state index is -2.77. The van der Waals surface area contributed by atoms with E-state index in [1.165, 1.54) is 0 Å². The van der Waals surface area contributed by atoms with Crippen LogP contribution in [-0.2, 0) is 9.84 Å². The molecule has 0 bridgehead atoms. The van der Waals surface area contributed by atoms with Gasteiger partial charge in [-0.15, -0.1) is 0 Å². The lowest BCUT2D eigenvalue weighted by atomic mass is 10.1. The van der Waals surface area contributed by atoms with Crippen LogP contribution in [0, 0.1) is 0 Å². The van der Waals surface area contributed by atoms with Crippen molar-refractivity contribution in [2.45, 2.75) is 18.9 Å². The zero-order valence-electron chi connectivity index (χ0n) is 8.82. The molecule has 3 nitrogen and oxygen atoms in total. The molecule has 16 heavy (non-hydrogen) atoms. The molecule has 1 heterocycles. The highest BCUT2D eigenvalue weighted by Gasteiger charge is 2.23. The molecule has 1 aromatic carbocycles. The van der Waals surface area contributed by atoms with Gasteiger partial charge in [-0.2, -0.15) is 0 Å². The van der Waals surface area contributed by atoms with Crippen LogP contribution in [0.3, 0.4) is 0 Å². The largest absolute Gasteiger partial charge is 0.382 e. The van der Waals surface area contributed by atoms with Crippen LogP contribution in [-0.4, -0.2) is 26.0 Å². The first-order valence-electron chi connectivity index (χ1n) is 5.28. The summed E-state index contributed by atoms with van der Waals surface area (Å²) in [4.78, 5) is 0. The molecule has 0 aliphatic carbocycles.